The Morgan fingerprint density at radius 2 is 1.76 bits per heavy atom. The van der Waals surface area contributed by atoms with Crippen molar-refractivity contribution < 1.29 is 28.2 Å². The Bertz CT molecular complexity index is 1110. The molecule has 0 spiro atoms. The number of carbonyl (C=O) groups is 1. The summed E-state index contributed by atoms with van der Waals surface area (Å²) in [6, 6.07) is 12.2. The van der Waals surface area contributed by atoms with Gasteiger partial charge in [-0.25, -0.2) is 9.59 Å². The van der Waals surface area contributed by atoms with Crippen LogP contribution in [0.4, 0.5) is 0 Å². The molecule has 1 aliphatic rings. The van der Waals surface area contributed by atoms with Crippen molar-refractivity contribution >= 4 is 16.9 Å². The first-order chi connectivity index (χ1) is 14.1. The van der Waals surface area contributed by atoms with Gasteiger partial charge in [0.05, 0.1) is 37.7 Å². The van der Waals surface area contributed by atoms with Gasteiger partial charge >= 0.3 is 11.6 Å². The predicted molar refractivity (Wildman–Crippen MR) is 105 cm³/mol. The molecular weight excluding hydrogens is 376 g/mol. The average Bonchev–Trinajstić information content (AvgIpc) is 3.15. The number of ether oxygens (including phenoxy) is 4. The zero-order valence-electron chi connectivity index (χ0n) is 16.3. The van der Waals surface area contributed by atoms with Crippen LogP contribution in [0, 0.1) is 0 Å². The van der Waals surface area contributed by atoms with Crippen LogP contribution < -0.4 is 19.8 Å². The Morgan fingerprint density at radius 1 is 1.07 bits per heavy atom. The van der Waals surface area contributed by atoms with E-state index in [1.165, 1.54) is 14.2 Å². The highest BCUT2D eigenvalue weighted by molar-refractivity contribution is 5.88. The summed E-state index contributed by atoms with van der Waals surface area (Å²) in [5.74, 6) is 0.107. The first-order valence-electron chi connectivity index (χ1n) is 9.19. The highest BCUT2D eigenvalue weighted by Crippen LogP contribution is 2.45. The minimum Gasteiger partial charge on any atom is -0.497 e. The topological polar surface area (TPSA) is 84.2 Å². The molecule has 2 aromatic carbocycles. The standard InChI is InChI=1S/C22H20O7/c1-4-27-22(24)20-17(12-9-13(25-2)11-14(10-12)26-3)18-19(29-20)15-7-5-6-8-16(15)28-21(18)23/h5-11,17,20H,4H2,1-3H3/t17-,20-/m0/s1. The fraction of sp³-hybridized carbons (Fsp3) is 0.273. The van der Waals surface area contributed by atoms with Gasteiger partial charge in [-0.1, -0.05) is 12.1 Å². The van der Waals surface area contributed by atoms with Crippen molar-refractivity contribution in [3.63, 3.8) is 0 Å². The maximum Gasteiger partial charge on any atom is 0.348 e. The van der Waals surface area contributed by atoms with Crippen LogP contribution in [0.3, 0.4) is 0 Å². The van der Waals surface area contributed by atoms with Crippen LogP contribution in [-0.2, 0) is 9.53 Å². The Hall–Kier alpha value is -3.48. The number of fused-ring (bicyclic) bond motifs is 3. The van der Waals surface area contributed by atoms with Crippen LogP contribution in [0.15, 0.2) is 51.7 Å². The van der Waals surface area contributed by atoms with E-state index in [2.05, 4.69) is 0 Å². The molecule has 0 fully saturated rings. The van der Waals surface area contributed by atoms with E-state index in [4.69, 9.17) is 23.4 Å². The molecule has 7 nitrogen and oxygen atoms in total. The second kappa shape index (κ2) is 7.50. The third-order valence-electron chi connectivity index (χ3n) is 4.91. The number of methoxy groups -OCH3 is 2. The molecule has 2 atom stereocenters. The van der Waals surface area contributed by atoms with E-state index in [9.17, 15) is 9.59 Å². The van der Waals surface area contributed by atoms with E-state index >= 15 is 0 Å². The van der Waals surface area contributed by atoms with Gasteiger partial charge in [-0.05, 0) is 36.8 Å². The lowest BCUT2D eigenvalue weighted by molar-refractivity contribution is -0.151. The summed E-state index contributed by atoms with van der Waals surface area (Å²) in [7, 11) is 3.06. The van der Waals surface area contributed by atoms with Gasteiger partial charge in [-0.15, -0.1) is 0 Å². The van der Waals surface area contributed by atoms with Crippen molar-refractivity contribution in [2.24, 2.45) is 0 Å². The molecule has 0 unspecified atom stereocenters. The van der Waals surface area contributed by atoms with Crippen LogP contribution >= 0.6 is 0 Å². The van der Waals surface area contributed by atoms with Crippen molar-refractivity contribution in [3.05, 3.63) is 64.0 Å². The summed E-state index contributed by atoms with van der Waals surface area (Å²) in [5, 5.41) is 0.619. The maximum atomic E-state index is 12.9. The number of hydrogen-bond acceptors (Lipinski definition) is 7. The maximum absolute atomic E-state index is 12.9. The Kier molecular flexibility index (Phi) is 4.88. The molecular formula is C22H20O7. The van der Waals surface area contributed by atoms with Crippen molar-refractivity contribution in [3.8, 4) is 17.2 Å². The van der Waals surface area contributed by atoms with Gasteiger partial charge in [0.25, 0.3) is 0 Å². The summed E-state index contributed by atoms with van der Waals surface area (Å²) in [6.45, 7) is 1.91. The largest absolute Gasteiger partial charge is 0.497 e. The van der Waals surface area contributed by atoms with Gasteiger partial charge in [-0.3, -0.25) is 0 Å². The third-order valence-corrected chi connectivity index (χ3v) is 4.91. The van der Waals surface area contributed by atoms with E-state index < -0.39 is 23.6 Å². The second-order valence-corrected chi connectivity index (χ2v) is 6.54. The number of carbonyl (C=O) groups excluding carboxylic acids is 1. The lowest BCUT2D eigenvalue weighted by Gasteiger charge is -2.19. The number of para-hydroxylation sites is 1. The molecule has 0 N–H and O–H groups in total. The van der Waals surface area contributed by atoms with Crippen molar-refractivity contribution in [1.82, 2.24) is 0 Å². The quantitative estimate of drug-likeness (QED) is 0.483. The van der Waals surface area contributed by atoms with Crippen molar-refractivity contribution in [2.45, 2.75) is 18.9 Å². The first kappa shape index (κ1) is 18.9. The molecule has 0 aliphatic carbocycles. The second-order valence-electron chi connectivity index (χ2n) is 6.54. The van der Waals surface area contributed by atoms with E-state index in [0.717, 1.165) is 0 Å². The molecule has 0 bridgehead atoms. The van der Waals surface area contributed by atoms with Gasteiger partial charge in [-0.2, -0.15) is 0 Å². The summed E-state index contributed by atoms with van der Waals surface area (Å²) in [5.41, 5.74) is 0.734. The van der Waals surface area contributed by atoms with Crippen molar-refractivity contribution in [1.29, 1.82) is 0 Å². The minimum absolute atomic E-state index is 0.193. The Balaban J connectivity index is 1.97. The Morgan fingerprint density at radius 3 is 2.41 bits per heavy atom. The van der Waals surface area contributed by atoms with Gasteiger partial charge in [0.15, 0.2) is 0 Å². The van der Waals surface area contributed by atoms with Crippen molar-refractivity contribution in [2.75, 3.05) is 20.8 Å². The molecule has 1 aromatic heterocycles. The highest BCUT2D eigenvalue weighted by Gasteiger charge is 2.45. The molecule has 0 saturated carbocycles. The van der Waals surface area contributed by atoms with Gasteiger partial charge in [0, 0.05) is 6.07 Å². The predicted octanol–water partition coefficient (Wildman–Crippen LogP) is 3.27. The summed E-state index contributed by atoms with van der Waals surface area (Å²) in [4.78, 5) is 25.6. The molecule has 0 saturated heterocycles. The van der Waals surface area contributed by atoms with E-state index in [0.29, 0.717) is 33.8 Å². The van der Waals surface area contributed by atoms with E-state index in [1.54, 1.807) is 43.3 Å². The zero-order valence-corrected chi connectivity index (χ0v) is 16.3. The molecule has 4 rings (SSSR count). The van der Waals surface area contributed by atoms with Crippen LogP contribution in [0.25, 0.3) is 11.0 Å². The molecule has 7 heteroatoms. The summed E-state index contributed by atoms with van der Waals surface area (Å²) < 4.78 is 27.4. The highest BCUT2D eigenvalue weighted by atomic mass is 16.6. The number of rotatable bonds is 5. The monoisotopic (exact) mass is 396 g/mol. The molecule has 3 aromatic rings. The lowest BCUT2D eigenvalue weighted by atomic mass is 9.88. The minimum atomic E-state index is -1.03. The first-order valence-corrected chi connectivity index (χ1v) is 9.19. The fourth-order valence-electron chi connectivity index (χ4n) is 3.64. The number of benzene rings is 2. The van der Waals surface area contributed by atoms with Gasteiger partial charge in [0.2, 0.25) is 6.10 Å². The molecule has 2 heterocycles. The van der Waals surface area contributed by atoms with Gasteiger partial charge in [0.1, 0.15) is 22.8 Å². The molecule has 0 amide bonds. The van der Waals surface area contributed by atoms with Crippen LogP contribution in [-0.4, -0.2) is 32.9 Å². The zero-order chi connectivity index (χ0) is 20.5. The molecule has 0 radical (unpaired) electrons. The van der Waals surface area contributed by atoms with E-state index in [-0.39, 0.29) is 12.2 Å². The molecule has 150 valence electrons. The average molecular weight is 396 g/mol. The summed E-state index contributed by atoms with van der Waals surface area (Å²) in [6.07, 6.45) is -1.03. The van der Waals surface area contributed by atoms with Gasteiger partial charge < -0.3 is 23.4 Å². The lowest BCUT2D eigenvalue weighted by Crippen LogP contribution is -2.32. The van der Waals surface area contributed by atoms with Crippen LogP contribution in [0.1, 0.15) is 24.0 Å². The van der Waals surface area contributed by atoms with Crippen LogP contribution in [0.5, 0.6) is 17.2 Å². The third kappa shape index (κ3) is 3.18. The fourth-order valence-corrected chi connectivity index (χ4v) is 3.64. The number of esters is 1. The summed E-state index contributed by atoms with van der Waals surface area (Å²) >= 11 is 0. The molecule has 1 aliphatic heterocycles. The van der Waals surface area contributed by atoms with Crippen LogP contribution in [0.2, 0.25) is 0 Å². The Labute approximate surface area is 166 Å². The smallest absolute Gasteiger partial charge is 0.348 e. The SMILES string of the molecule is CCOC(=O)[C@H]1Oc2c(c(=O)oc3ccccc23)[C@@H]1c1cc(OC)cc(OC)c1. The number of hydrogen-bond donors (Lipinski definition) is 0. The van der Waals surface area contributed by atoms with E-state index in [1.807, 2.05) is 6.07 Å². The normalized spacial score (nSPS) is 17.5. The molecule has 29 heavy (non-hydrogen) atoms.